The Morgan fingerprint density at radius 3 is 2.30 bits per heavy atom. The molecule has 1 aliphatic heterocycles. The van der Waals surface area contributed by atoms with Crippen molar-refractivity contribution < 1.29 is 17.9 Å². The number of fused-ring (bicyclic) bond motifs is 1. The van der Waals surface area contributed by atoms with E-state index in [0.29, 0.717) is 11.3 Å². The third kappa shape index (κ3) is 5.11. The van der Waals surface area contributed by atoms with Crippen LogP contribution in [-0.4, -0.2) is 24.1 Å². The molecule has 1 saturated carbocycles. The summed E-state index contributed by atoms with van der Waals surface area (Å²) in [6.45, 7) is 5.13. The molecule has 2 aromatic carbocycles. The third-order valence-corrected chi connectivity index (χ3v) is 6.69. The van der Waals surface area contributed by atoms with Crippen molar-refractivity contribution in [3.8, 4) is 5.75 Å². The molecule has 0 bridgehead atoms. The Labute approximate surface area is 177 Å². The van der Waals surface area contributed by atoms with Crippen molar-refractivity contribution in [3.05, 3.63) is 41.5 Å². The quantitative estimate of drug-likeness (QED) is 0.520. The van der Waals surface area contributed by atoms with Gasteiger partial charge in [-0.15, -0.1) is 0 Å². The third-order valence-electron chi connectivity index (χ3n) is 6.69. The van der Waals surface area contributed by atoms with E-state index in [9.17, 15) is 13.2 Å². The molecular formula is C25H32F3NO. The number of rotatable bonds is 4. The molecule has 4 rings (SSSR count). The smallest absolute Gasteiger partial charge is 0.420 e. The van der Waals surface area contributed by atoms with Gasteiger partial charge in [0.15, 0.2) is 0 Å². The summed E-state index contributed by atoms with van der Waals surface area (Å²) in [4.78, 5) is 2.42. The van der Waals surface area contributed by atoms with Gasteiger partial charge in [0.2, 0.25) is 0 Å². The predicted octanol–water partition coefficient (Wildman–Crippen LogP) is 7.19. The van der Waals surface area contributed by atoms with Gasteiger partial charge < -0.3 is 4.74 Å². The van der Waals surface area contributed by atoms with Crippen molar-refractivity contribution in [1.82, 2.24) is 4.90 Å². The van der Waals surface area contributed by atoms with Gasteiger partial charge in [0, 0.05) is 6.54 Å². The largest absolute Gasteiger partial charge is 0.490 e. The zero-order chi connectivity index (χ0) is 21.1. The molecule has 0 aromatic heterocycles. The molecular weight excluding hydrogens is 387 g/mol. The highest BCUT2D eigenvalue weighted by Gasteiger charge is 2.37. The maximum atomic E-state index is 14.0. The fourth-order valence-corrected chi connectivity index (χ4v) is 4.93. The molecule has 1 heterocycles. The summed E-state index contributed by atoms with van der Waals surface area (Å²) in [7, 11) is 0. The average molecular weight is 420 g/mol. The van der Waals surface area contributed by atoms with Gasteiger partial charge in [0.1, 0.15) is 11.3 Å². The Balaban J connectivity index is 1.60. The van der Waals surface area contributed by atoms with E-state index in [1.165, 1.54) is 31.7 Å². The number of hydrogen-bond donors (Lipinski definition) is 0. The molecule has 5 heteroatoms. The molecule has 2 nitrogen and oxygen atoms in total. The van der Waals surface area contributed by atoms with E-state index in [0.717, 1.165) is 50.9 Å². The molecule has 2 aromatic rings. The standard InChI is InChI=1S/C25H32F3NO/c1-18-6-10-21(11-7-18)30-23-13-9-20-16-19(17-29-14-4-2-3-5-15-29)8-12-22(20)24(23)25(26,27)28/h8-9,12-13,16,18,21H,2-7,10-11,14-15,17H2,1H3. The van der Waals surface area contributed by atoms with E-state index in [-0.39, 0.29) is 17.2 Å². The minimum absolute atomic E-state index is 0.0187. The number of likely N-dealkylation sites (tertiary alicyclic amines) is 1. The highest BCUT2D eigenvalue weighted by molar-refractivity contribution is 5.89. The SMILES string of the molecule is CC1CCC(Oc2ccc3cc(CN4CCCCCC4)ccc3c2C(F)(F)F)CC1. The molecule has 0 N–H and O–H groups in total. The lowest BCUT2D eigenvalue weighted by Gasteiger charge is -2.28. The van der Waals surface area contributed by atoms with Crippen molar-refractivity contribution in [2.75, 3.05) is 13.1 Å². The van der Waals surface area contributed by atoms with Crippen molar-refractivity contribution in [1.29, 1.82) is 0 Å². The lowest BCUT2D eigenvalue weighted by atomic mass is 9.89. The Hall–Kier alpha value is -1.75. The van der Waals surface area contributed by atoms with Crippen LogP contribution in [0.5, 0.6) is 5.75 Å². The molecule has 164 valence electrons. The molecule has 1 saturated heterocycles. The van der Waals surface area contributed by atoms with Crippen molar-refractivity contribution in [2.24, 2.45) is 5.92 Å². The van der Waals surface area contributed by atoms with E-state index in [1.807, 2.05) is 12.1 Å². The summed E-state index contributed by atoms with van der Waals surface area (Å²) in [6.07, 6.45) is 4.05. The highest BCUT2D eigenvalue weighted by atomic mass is 19.4. The van der Waals surface area contributed by atoms with Crippen LogP contribution >= 0.6 is 0 Å². The van der Waals surface area contributed by atoms with Gasteiger partial charge in [-0.2, -0.15) is 13.2 Å². The Morgan fingerprint density at radius 1 is 0.933 bits per heavy atom. The molecule has 2 fully saturated rings. The summed E-state index contributed by atoms with van der Waals surface area (Å²) in [5.41, 5.74) is 0.451. The zero-order valence-corrected chi connectivity index (χ0v) is 17.8. The number of halogens is 3. The first-order chi connectivity index (χ1) is 14.4. The van der Waals surface area contributed by atoms with Gasteiger partial charge in [-0.1, -0.05) is 38.0 Å². The van der Waals surface area contributed by atoms with E-state index in [4.69, 9.17) is 4.74 Å². The van der Waals surface area contributed by atoms with Crippen LogP contribution in [0.2, 0.25) is 0 Å². The van der Waals surface area contributed by atoms with Crippen LogP contribution in [0, 0.1) is 5.92 Å². The van der Waals surface area contributed by atoms with Gasteiger partial charge >= 0.3 is 6.18 Å². The Bertz CT molecular complexity index is 847. The summed E-state index contributed by atoms with van der Waals surface area (Å²) in [6, 6.07) is 8.73. The molecule has 0 spiro atoms. The first-order valence-electron chi connectivity index (χ1n) is 11.4. The van der Waals surface area contributed by atoms with Gasteiger partial charge in [-0.3, -0.25) is 4.90 Å². The Morgan fingerprint density at radius 2 is 1.63 bits per heavy atom. The van der Waals surface area contributed by atoms with E-state index < -0.39 is 11.7 Å². The maximum Gasteiger partial charge on any atom is 0.420 e. The average Bonchev–Trinajstić information content (AvgIpc) is 2.97. The van der Waals surface area contributed by atoms with Crippen molar-refractivity contribution in [3.63, 3.8) is 0 Å². The summed E-state index contributed by atoms with van der Waals surface area (Å²) < 4.78 is 48.0. The zero-order valence-electron chi connectivity index (χ0n) is 17.8. The van der Waals surface area contributed by atoms with E-state index in [1.54, 1.807) is 12.1 Å². The highest BCUT2D eigenvalue weighted by Crippen LogP contribution is 2.42. The topological polar surface area (TPSA) is 12.5 Å². The normalized spacial score (nSPS) is 24.0. The number of ether oxygens (including phenoxy) is 1. The minimum atomic E-state index is -4.44. The molecule has 0 radical (unpaired) electrons. The number of hydrogen-bond acceptors (Lipinski definition) is 2. The number of alkyl halides is 3. The van der Waals surface area contributed by atoms with E-state index >= 15 is 0 Å². The molecule has 0 atom stereocenters. The molecule has 0 amide bonds. The van der Waals surface area contributed by atoms with Crippen LogP contribution < -0.4 is 4.74 Å². The Kier molecular flexibility index (Phi) is 6.57. The second-order valence-electron chi connectivity index (χ2n) is 9.18. The van der Waals surface area contributed by atoms with Crippen LogP contribution in [0.15, 0.2) is 30.3 Å². The second-order valence-corrected chi connectivity index (χ2v) is 9.18. The lowest BCUT2D eigenvalue weighted by Crippen LogP contribution is -2.24. The van der Waals surface area contributed by atoms with Crippen LogP contribution in [0.1, 0.15) is 69.4 Å². The number of benzene rings is 2. The van der Waals surface area contributed by atoms with Crippen LogP contribution in [-0.2, 0) is 12.7 Å². The molecule has 1 aliphatic carbocycles. The van der Waals surface area contributed by atoms with Crippen LogP contribution in [0.3, 0.4) is 0 Å². The molecule has 30 heavy (non-hydrogen) atoms. The van der Waals surface area contributed by atoms with Crippen molar-refractivity contribution in [2.45, 2.75) is 77.1 Å². The number of nitrogens with zero attached hydrogens (tertiary/aromatic N) is 1. The lowest BCUT2D eigenvalue weighted by molar-refractivity contribution is -0.138. The van der Waals surface area contributed by atoms with Gasteiger partial charge in [-0.25, -0.2) is 0 Å². The van der Waals surface area contributed by atoms with Crippen molar-refractivity contribution >= 4 is 10.8 Å². The van der Waals surface area contributed by atoms with Gasteiger partial charge in [0.25, 0.3) is 0 Å². The molecule has 2 aliphatic rings. The maximum absolute atomic E-state index is 14.0. The fraction of sp³-hybridized carbons (Fsp3) is 0.600. The predicted molar refractivity (Wildman–Crippen MR) is 115 cm³/mol. The van der Waals surface area contributed by atoms with E-state index in [2.05, 4.69) is 11.8 Å². The summed E-state index contributed by atoms with van der Waals surface area (Å²) in [5, 5.41) is 0.878. The summed E-state index contributed by atoms with van der Waals surface area (Å²) in [5.74, 6) is 0.612. The van der Waals surface area contributed by atoms with Gasteiger partial charge in [0.05, 0.1) is 6.10 Å². The van der Waals surface area contributed by atoms with Gasteiger partial charge in [-0.05, 0) is 86.0 Å². The first-order valence-corrected chi connectivity index (χ1v) is 11.4. The summed E-state index contributed by atoms with van der Waals surface area (Å²) >= 11 is 0. The second kappa shape index (κ2) is 9.17. The minimum Gasteiger partial charge on any atom is -0.490 e. The molecule has 0 unspecified atom stereocenters. The first kappa shape index (κ1) is 21.5. The van der Waals surface area contributed by atoms with Crippen LogP contribution in [0.25, 0.3) is 10.8 Å². The fourth-order valence-electron chi connectivity index (χ4n) is 4.93. The monoisotopic (exact) mass is 419 g/mol. The van der Waals surface area contributed by atoms with Crippen LogP contribution in [0.4, 0.5) is 13.2 Å².